The van der Waals surface area contributed by atoms with E-state index in [-0.39, 0.29) is 17.2 Å². The summed E-state index contributed by atoms with van der Waals surface area (Å²) < 4.78 is 28.8. The first-order valence-electron chi connectivity index (χ1n) is 8.32. The van der Waals surface area contributed by atoms with Crippen molar-refractivity contribution in [2.45, 2.75) is 0 Å². The van der Waals surface area contributed by atoms with E-state index in [1.165, 1.54) is 47.1 Å². The van der Waals surface area contributed by atoms with Crippen molar-refractivity contribution in [2.24, 2.45) is 10.1 Å². The molecule has 0 aliphatic heterocycles. The van der Waals surface area contributed by atoms with E-state index in [1.807, 2.05) is 22.9 Å². The van der Waals surface area contributed by atoms with Gasteiger partial charge < -0.3 is 10.2 Å². The van der Waals surface area contributed by atoms with Gasteiger partial charge in [0.25, 0.3) is 0 Å². The number of aromatic nitrogens is 1. The van der Waals surface area contributed by atoms with Crippen LogP contribution in [0, 0.1) is 11.6 Å². The Morgan fingerprint density at radius 3 is 2.55 bits per heavy atom. The molecule has 0 aliphatic rings. The van der Waals surface area contributed by atoms with Gasteiger partial charge in [0.1, 0.15) is 11.5 Å². The van der Waals surface area contributed by atoms with Crippen LogP contribution in [0.3, 0.4) is 0 Å². The molecular weight excluding hydrogens is 416 g/mol. The van der Waals surface area contributed by atoms with Gasteiger partial charge in [0, 0.05) is 11.4 Å². The van der Waals surface area contributed by atoms with Crippen molar-refractivity contribution in [3.8, 4) is 22.1 Å². The largest absolute Gasteiger partial charge is 0.504 e. The van der Waals surface area contributed by atoms with Crippen LogP contribution in [-0.4, -0.2) is 21.1 Å². The lowest BCUT2D eigenvalue weighted by Gasteiger charge is -2.02. The molecule has 0 atom stereocenters. The summed E-state index contributed by atoms with van der Waals surface area (Å²) in [6.07, 6.45) is 1.49. The van der Waals surface area contributed by atoms with Crippen LogP contribution in [0.25, 0.3) is 10.6 Å². The summed E-state index contributed by atoms with van der Waals surface area (Å²) in [7, 11) is 0. The highest BCUT2D eigenvalue weighted by Gasteiger charge is 2.10. The lowest BCUT2D eigenvalue weighted by Crippen LogP contribution is -2.11. The molecule has 2 heterocycles. The third-order valence-corrected chi connectivity index (χ3v) is 5.62. The van der Waals surface area contributed by atoms with E-state index >= 15 is 0 Å². The molecule has 2 aromatic heterocycles. The number of thiophene rings is 1. The molecule has 4 rings (SSSR count). The minimum Gasteiger partial charge on any atom is -0.504 e. The number of halogens is 2. The second kappa shape index (κ2) is 7.98. The van der Waals surface area contributed by atoms with Crippen molar-refractivity contribution < 1.29 is 19.0 Å². The van der Waals surface area contributed by atoms with Gasteiger partial charge in [0.05, 0.1) is 16.8 Å². The molecule has 0 bridgehead atoms. The van der Waals surface area contributed by atoms with E-state index < -0.39 is 11.6 Å². The van der Waals surface area contributed by atoms with Gasteiger partial charge in [-0.05, 0) is 47.3 Å². The maximum atomic E-state index is 14.1. The van der Waals surface area contributed by atoms with E-state index in [0.717, 1.165) is 22.7 Å². The Labute approximate surface area is 171 Å². The van der Waals surface area contributed by atoms with Crippen LogP contribution in [0.15, 0.2) is 69.4 Å². The van der Waals surface area contributed by atoms with Crippen LogP contribution in [0.1, 0.15) is 5.56 Å². The van der Waals surface area contributed by atoms with Crippen LogP contribution >= 0.6 is 22.7 Å². The van der Waals surface area contributed by atoms with Crippen molar-refractivity contribution in [1.82, 2.24) is 4.68 Å². The normalized spacial score (nSPS) is 12.1. The fourth-order valence-corrected chi connectivity index (χ4v) is 4.15. The van der Waals surface area contributed by atoms with Gasteiger partial charge in [-0.3, -0.25) is 0 Å². The highest BCUT2D eigenvalue weighted by atomic mass is 32.1. The standard InChI is InChI=1S/C20H13F2N3O2S2/c21-13-4-5-15(14(22)9-13)24-20-25(16(11-29-20)19-2-1-7-28-19)23-10-12-3-6-17(26)18(27)8-12/h1-11,26-27H. The summed E-state index contributed by atoms with van der Waals surface area (Å²) in [6.45, 7) is 0. The number of hydrogen-bond acceptors (Lipinski definition) is 6. The number of phenols is 2. The van der Waals surface area contributed by atoms with Gasteiger partial charge >= 0.3 is 0 Å². The fourth-order valence-electron chi connectivity index (χ4n) is 2.50. The topological polar surface area (TPSA) is 70.1 Å². The second-order valence-electron chi connectivity index (χ2n) is 5.89. The molecule has 5 nitrogen and oxygen atoms in total. The molecule has 2 N–H and O–H groups in total. The summed E-state index contributed by atoms with van der Waals surface area (Å²) in [4.78, 5) is 5.62. The summed E-state index contributed by atoms with van der Waals surface area (Å²) in [5.74, 6) is -1.94. The quantitative estimate of drug-likeness (QED) is 0.351. The molecule has 0 saturated carbocycles. The Bertz CT molecular complexity index is 1260. The van der Waals surface area contributed by atoms with Gasteiger partial charge in [-0.15, -0.1) is 22.7 Å². The van der Waals surface area contributed by atoms with Crippen LogP contribution in [-0.2, 0) is 0 Å². The summed E-state index contributed by atoms with van der Waals surface area (Å²) >= 11 is 2.78. The first kappa shape index (κ1) is 19.0. The molecule has 0 radical (unpaired) electrons. The predicted molar refractivity (Wildman–Crippen MR) is 110 cm³/mol. The third kappa shape index (κ3) is 4.10. The molecule has 0 saturated heterocycles. The number of aromatic hydroxyl groups is 2. The predicted octanol–water partition coefficient (Wildman–Crippen LogP) is 5.08. The minimum atomic E-state index is -0.768. The average molecular weight is 429 g/mol. The zero-order chi connectivity index (χ0) is 20.4. The first-order valence-corrected chi connectivity index (χ1v) is 10.1. The molecule has 0 amide bonds. The Hall–Kier alpha value is -3.30. The molecule has 4 aromatic rings. The van der Waals surface area contributed by atoms with Crippen molar-refractivity contribution in [2.75, 3.05) is 0 Å². The fraction of sp³-hybridized carbons (Fsp3) is 0. The zero-order valence-electron chi connectivity index (χ0n) is 14.7. The number of hydrogen-bond donors (Lipinski definition) is 2. The van der Waals surface area contributed by atoms with E-state index in [2.05, 4.69) is 10.1 Å². The third-order valence-electron chi connectivity index (χ3n) is 3.91. The Kier molecular flexibility index (Phi) is 5.24. The molecule has 2 aromatic carbocycles. The Morgan fingerprint density at radius 2 is 1.83 bits per heavy atom. The first-order chi connectivity index (χ1) is 14.0. The van der Waals surface area contributed by atoms with E-state index in [1.54, 1.807) is 10.7 Å². The summed E-state index contributed by atoms with van der Waals surface area (Å²) in [6, 6.07) is 11.3. The molecule has 9 heteroatoms. The van der Waals surface area contributed by atoms with Gasteiger partial charge in [0.15, 0.2) is 17.3 Å². The van der Waals surface area contributed by atoms with Crippen molar-refractivity contribution in [1.29, 1.82) is 0 Å². The maximum absolute atomic E-state index is 14.1. The van der Waals surface area contributed by atoms with Crippen LogP contribution in [0.2, 0.25) is 0 Å². The number of rotatable bonds is 4. The highest BCUT2D eigenvalue weighted by Crippen LogP contribution is 2.27. The monoisotopic (exact) mass is 429 g/mol. The van der Waals surface area contributed by atoms with Crippen LogP contribution < -0.4 is 4.80 Å². The van der Waals surface area contributed by atoms with E-state index in [9.17, 15) is 19.0 Å². The average Bonchev–Trinajstić information content (AvgIpc) is 3.35. The van der Waals surface area contributed by atoms with Gasteiger partial charge in [-0.25, -0.2) is 18.4 Å². The number of benzene rings is 2. The second-order valence-corrected chi connectivity index (χ2v) is 7.68. The van der Waals surface area contributed by atoms with Crippen molar-refractivity contribution in [3.63, 3.8) is 0 Å². The molecule has 0 spiro atoms. The number of thiazole rings is 1. The highest BCUT2D eigenvalue weighted by molar-refractivity contribution is 7.14. The maximum Gasteiger partial charge on any atom is 0.211 e. The van der Waals surface area contributed by atoms with Gasteiger partial charge in [0.2, 0.25) is 4.80 Å². The molecule has 0 unspecified atom stereocenters. The van der Waals surface area contributed by atoms with E-state index in [0.29, 0.717) is 10.4 Å². The van der Waals surface area contributed by atoms with Gasteiger partial charge in [-0.1, -0.05) is 6.07 Å². The van der Waals surface area contributed by atoms with Crippen LogP contribution in [0.4, 0.5) is 14.5 Å². The molecule has 0 fully saturated rings. The lowest BCUT2D eigenvalue weighted by atomic mass is 10.2. The van der Waals surface area contributed by atoms with Gasteiger partial charge in [-0.2, -0.15) is 5.10 Å². The lowest BCUT2D eigenvalue weighted by molar-refractivity contribution is 0.403. The zero-order valence-corrected chi connectivity index (χ0v) is 16.3. The van der Waals surface area contributed by atoms with Crippen molar-refractivity contribution in [3.05, 3.63) is 81.3 Å². The molecule has 29 heavy (non-hydrogen) atoms. The van der Waals surface area contributed by atoms with Crippen molar-refractivity contribution >= 4 is 34.6 Å². The SMILES string of the molecule is Oc1ccc(C=Nn2c(-c3cccs3)csc2=Nc2ccc(F)cc2F)cc1O. The molecule has 146 valence electrons. The summed E-state index contributed by atoms with van der Waals surface area (Å²) in [5, 5.41) is 27.3. The molecular formula is C20H13F2N3O2S2. The Balaban J connectivity index is 1.83. The smallest absolute Gasteiger partial charge is 0.211 e. The van der Waals surface area contributed by atoms with Crippen LogP contribution in [0.5, 0.6) is 11.5 Å². The number of nitrogens with zero attached hydrogens (tertiary/aromatic N) is 3. The van der Waals surface area contributed by atoms with E-state index in [4.69, 9.17) is 0 Å². The number of phenolic OH excluding ortho intramolecular Hbond substituents is 2. The molecule has 0 aliphatic carbocycles. The summed E-state index contributed by atoms with van der Waals surface area (Å²) in [5.41, 5.74) is 1.30. The minimum absolute atomic E-state index is 0.00259. The Morgan fingerprint density at radius 1 is 0.966 bits per heavy atom.